The van der Waals surface area contributed by atoms with Gasteiger partial charge >= 0.3 is 11.8 Å². The second kappa shape index (κ2) is 5.97. The molecule has 21 heavy (non-hydrogen) atoms. The minimum absolute atomic E-state index is 0.340. The van der Waals surface area contributed by atoms with Crippen molar-refractivity contribution in [1.82, 2.24) is 19.2 Å². The van der Waals surface area contributed by atoms with E-state index in [4.69, 9.17) is 0 Å². The summed E-state index contributed by atoms with van der Waals surface area (Å²) in [4.78, 5) is 34.1. The molecule has 2 aliphatic heterocycles. The summed E-state index contributed by atoms with van der Waals surface area (Å²) in [5, 5.41) is 0.894. The van der Waals surface area contributed by atoms with Crippen LogP contribution in [-0.2, 0) is 9.59 Å². The minimum atomic E-state index is -0.356. The van der Waals surface area contributed by atoms with Gasteiger partial charge in [-0.05, 0) is 19.8 Å². The molecule has 2 fully saturated rings. The average Bonchev–Trinajstić information content (AvgIpc) is 3.17. The third kappa shape index (κ3) is 2.99. The Morgan fingerprint density at radius 1 is 0.952 bits per heavy atom. The molecular weight excluding hydrogens is 290 g/mol. The standard InChI is InChI=1S/C13H19N5O2S/c1-10-14-13(21-15-10)18-8-6-17(7-9-18)12(20)11(19)16-4-2-3-5-16/h2-9H2,1H3. The number of likely N-dealkylation sites (tertiary alicyclic amines) is 1. The van der Waals surface area contributed by atoms with Crippen LogP contribution in [-0.4, -0.2) is 70.2 Å². The molecule has 0 bridgehead atoms. The van der Waals surface area contributed by atoms with Gasteiger partial charge in [0.1, 0.15) is 5.82 Å². The lowest BCUT2D eigenvalue weighted by atomic mass is 10.3. The van der Waals surface area contributed by atoms with E-state index < -0.39 is 0 Å². The predicted octanol–water partition coefficient (Wildman–Crippen LogP) is 0.118. The second-order valence-electron chi connectivity index (χ2n) is 5.40. The van der Waals surface area contributed by atoms with E-state index in [9.17, 15) is 9.59 Å². The first-order chi connectivity index (χ1) is 10.1. The van der Waals surface area contributed by atoms with Crippen LogP contribution in [0.15, 0.2) is 0 Å². The summed E-state index contributed by atoms with van der Waals surface area (Å²) in [5.74, 6) is 0.0791. The molecule has 0 spiro atoms. The SMILES string of the molecule is Cc1nsc(N2CCN(C(=O)C(=O)N3CCCC3)CC2)n1. The molecule has 1 aromatic rings. The Hall–Kier alpha value is -1.70. The van der Waals surface area contributed by atoms with Gasteiger partial charge in [-0.3, -0.25) is 9.59 Å². The largest absolute Gasteiger partial charge is 0.343 e. The van der Waals surface area contributed by atoms with Crippen LogP contribution in [0, 0.1) is 6.92 Å². The smallest absolute Gasteiger partial charge is 0.312 e. The summed E-state index contributed by atoms with van der Waals surface area (Å²) in [6.07, 6.45) is 2.01. The Balaban J connectivity index is 1.55. The van der Waals surface area contributed by atoms with Crippen molar-refractivity contribution in [1.29, 1.82) is 0 Å². The Labute approximate surface area is 127 Å². The van der Waals surface area contributed by atoms with E-state index >= 15 is 0 Å². The van der Waals surface area contributed by atoms with E-state index in [1.54, 1.807) is 9.80 Å². The van der Waals surface area contributed by atoms with Gasteiger partial charge in [-0.15, -0.1) is 0 Å². The summed E-state index contributed by atoms with van der Waals surface area (Å²) in [6, 6.07) is 0. The highest BCUT2D eigenvalue weighted by Gasteiger charge is 2.31. The van der Waals surface area contributed by atoms with Gasteiger partial charge in [-0.1, -0.05) is 0 Å². The number of nitrogens with zero attached hydrogens (tertiary/aromatic N) is 5. The first kappa shape index (κ1) is 14.2. The lowest BCUT2D eigenvalue weighted by Crippen LogP contribution is -2.53. The zero-order valence-electron chi connectivity index (χ0n) is 12.1. The average molecular weight is 309 g/mol. The molecule has 0 N–H and O–H groups in total. The minimum Gasteiger partial charge on any atom is -0.343 e. The van der Waals surface area contributed by atoms with Crippen molar-refractivity contribution < 1.29 is 9.59 Å². The third-order valence-electron chi connectivity index (χ3n) is 3.93. The molecule has 0 unspecified atom stereocenters. The highest BCUT2D eigenvalue weighted by atomic mass is 32.1. The molecule has 3 heterocycles. The van der Waals surface area contributed by atoms with Gasteiger partial charge in [0.2, 0.25) is 5.13 Å². The molecular formula is C13H19N5O2S. The van der Waals surface area contributed by atoms with E-state index in [-0.39, 0.29) is 11.8 Å². The normalized spacial score (nSPS) is 19.2. The molecule has 114 valence electrons. The lowest BCUT2D eigenvalue weighted by Gasteiger charge is -2.34. The van der Waals surface area contributed by atoms with Gasteiger partial charge in [-0.2, -0.15) is 4.37 Å². The molecule has 0 aliphatic carbocycles. The Kier molecular flexibility index (Phi) is 4.05. The first-order valence-electron chi connectivity index (χ1n) is 7.28. The molecule has 0 radical (unpaired) electrons. The first-order valence-corrected chi connectivity index (χ1v) is 8.06. The maximum atomic E-state index is 12.2. The van der Waals surface area contributed by atoms with Crippen LogP contribution in [0.1, 0.15) is 18.7 Å². The van der Waals surface area contributed by atoms with E-state index in [1.807, 2.05) is 6.92 Å². The molecule has 7 nitrogen and oxygen atoms in total. The van der Waals surface area contributed by atoms with Gasteiger partial charge in [0.15, 0.2) is 0 Å². The molecule has 8 heteroatoms. The third-order valence-corrected chi connectivity index (χ3v) is 4.80. The maximum absolute atomic E-state index is 12.2. The summed E-state index contributed by atoms with van der Waals surface area (Å²) in [5.41, 5.74) is 0. The Morgan fingerprint density at radius 2 is 1.52 bits per heavy atom. The van der Waals surface area contributed by atoms with Crippen molar-refractivity contribution in [3.63, 3.8) is 0 Å². The molecule has 0 saturated carbocycles. The Morgan fingerprint density at radius 3 is 2.05 bits per heavy atom. The number of hydrogen-bond donors (Lipinski definition) is 0. The second-order valence-corrected chi connectivity index (χ2v) is 6.13. The number of rotatable bonds is 1. The fraction of sp³-hybridized carbons (Fsp3) is 0.692. The van der Waals surface area contributed by atoms with Gasteiger partial charge in [0.25, 0.3) is 0 Å². The van der Waals surface area contributed by atoms with Crippen molar-refractivity contribution in [3.05, 3.63) is 5.82 Å². The van der Waals surface area contributed by atoms with E-state index in [0.29, 0.717) is 39.3 Å². The number of aryl methyl sites for hydroxylation is 1. The molecule has 0 aromatic carbocycles. The number of carbonyl (C=O) groups is 2. The van der Waals surface area contributed by atoms with Crippen LogP contribution in [0.2, 0.25) is 0 Å². The summed E-state index contributed by atoms with van der Waals surface area (Å²) < 4.78 is 4.17. The molecule has 1 aromatic heterocycles. The number of anilines is 1. The van der Waals surface area contributed by atoms with Gasteiger partial charge in [0, 0.05) is 50.8 Å². The molecule has 2 amide bonds. The van der Waals surface area contributed by atoms with Crippen molar-refractivity contribution in [2.45, 2.75) is 19.8 Å². The molecule has 0 atom stereocenters. The van der Waals surface area contributed by atoms with Crippen LogP contribution in [0.25, 0.3) is 0 Å². The highest BCUT2D eigenvalue weighted by Crippen LogP contribution is 2.19. The predicted molar refractivity (Wildman–Crippen MR) is 79.3 cm³/mol. The fourth-order valence-corrected chi connectivity index (χ4v) is 3.43. The quantitative estimate of drug-likeness (QED) is 0.689. The van der Waals surface area contributed by atoms with Gasteiger partial charge in [0.05, 0.1) is 0 Å². The number of carbonyl (C=O) groups excluding carboxylic acids is 2. The summed E-state index contributed by atoms with van der Waals surface area (Å²) in [7, 11) is 0. The summed E-state index contributed by atoms with van der Waals surface area (Å²) in [6.45, 7) is 5.84. The van der Waals surface area contributed by atoms with Crippen molar-refractivity contribution in [2.75, 3.05) is 44.2 Å². The zero-order chi connectivity index (χ0) is 14.8. The lowest BCUT2D eigenvalue weighted by molar-refractivity contribution is -0.151. The van der Waals surface area contributed by atoms with Crippen molar-refractivity contribution >= 4 is 28.5 Å². The van der Waals surface area contributed by atoms with Crippen molar-refractivity contribution in [3.8, 4) is 0 Å². The van der Waals surface area contributed by atoms with Crippen LogP contribution in [0.3, 0.4) is 0 Å². The van der Waals surface area contributed by atoms with Gasteiger partial charge in [-0.25, -0.2) is 4.98 Å². The Bertz CT molecular complexity index is 532. The van der Waals surface area contributed by atoms with Crippen molar-refractivity contribution in [2.24, 2.45) is 0 Å². The van der Waals surface area contributed by atoms with Crippen LogP contribution >= 0.6 is 11.5 Å². The van der Waals surface area contributed by atoms with Crippen LogP contribution < -0.4 is 4.90 Å². The zero-order valence-corrected chi connectivity index (χ0v) is 12.9. The number of piperazine rings is 1. The maximum Gasteiger partial charge on any atom is 0.312 e. The van der Waals surface area contributed by atoms with Crippen LogP contribution in [0.5, 0.6) is 0 Å². The molecule has 2 aliphatic rings. The number of hydrogen-bond acceptors (Lipinski definition) is 6. The fourth-order valence-electron chi connectivity index (χ4n) is 2.71. The van der Waals surface area contributed by atoms with E-state index in [1.165, 1.54) is 11.5 Å². The van der Waals surface area contributed by atoms with Gasteiger partial charge < -0.3 is 14.7 Å². The topological polar surface area (TPSA) is 69.6 Å². The highest BCUT2D eigenvalue weighted by molar-refractivity contribution is 7.09. The van der Waals surface area contributed by atoms with Crippen LogP contribution in [0.4, 0.5) is 5.13 Å². The molecule has 3 rings (SSSR count). The monoisotopic (exact) mass is 309 g/mol. The summed E-state index contributed by atoms with van der Waals surface area (Å²) >= 11 is 1.38. The molecule has 2 saturated heterocycles. The number of amides is 2. The van der Waals surface area contributed by atoms with E-state index in [0.717, 1.165) is 23.8 Å². The van der Waals surface area contributed by atoms with E-state index in [2.05, 4.69) is 14.3 Å². The number of aromatic nitrogens is 2.